The highest BCUT2D eigenvalue weighted by Gasteiger charge is 2.32. The monoisotopic (exact) mass is 250 g/mol. The Kier molecular flexibility index (Phi) is 3.46. The first kappa shape index (κ1) is 13.5. The van der Waals surface area contributed by atoms with Crippen molar-refractivity contribution in [1.82, 2.24) is 9.78 Å². The molecule has 1 heterocycles. The van der Waals surface area contributed by atoms with Gasteiger partial charge in [-0.1, -0.05) is 0 Å². The highest BCUT2D eigenvalue weighted by molar-refractivity contribution is 5.83. The summed E-state index contributed by atoms with van der Waals surface area (Å²) in [6.45, 7) is 1.51. The van der Waals surface area contributed by atoms with E-state index in [0.29, 0.717) is 0 Å². The van der Waals surface area contributed by atoms with Crippen molar-refractivity contribution >= 4 is 5.91 Å². The molecule has 0 fully saturated rings. The Balaban J connectivity index is 2.66. The molecule has 5 nitrogen and oxygen atoms in total. The molecule has 1 amide bonds. The van der Waals surface area contributed by atoms with E-state index in [1.54, 1.807) is 0 Å². The van der Waals surface area contributed by atoms with E-state index in [9.17, 15) is 18.0 Å². The van der Waals surface area contributed by atoms with Gasteiger partial charge >= 0.3 is 6.18 Å². The number of nitrogens with zero attached hydrogens (tertiary/aromatic N) is 2. The molecule has 17 heavy (non-hydrogen) atoms. The molecule has 0 spiro atoms. The Morgan fingerprint density at radius 2 is 2.12 bits per heavy atom. The molecule has 96 valence electrons. The summed E-state index contributed by atoms with van der Waals surface area (Å²) in [5.41, 5.74) is 8.50. The van der Waals surface area contributed by atoms with Crippen molar-refractivity contribution in [3.05, 3.63) is 18.0 Å². The number of primary amides is 1. The SMILES string of the molecule is CC(N)(CCn1cc(C(F)(F)F)cn1)C(N)=O. The maximum Gasteiger partial charge on any atom is 0.419 e. The number of alkyl halides is 3. The van der Waals surface area contributed by atoms with E-state index in [-0.39, 0.29) is 13.0 Å². The number of amides is 1. The summed E-state index contributed by atoms with van der Waals surface area (Å²) in [4.78, 5) is 10.9. The van der Waals surface area contributed by atoms with Crippen molar-refractivity contribution in [1.29, 1.82) is 0 Å². The van der Waals surface area contributed by atoms with Crippen LogP contribution in [0.4, 0.5) is 13.2 Å². The molecule has 0 bridgehead atoms. The Morgan fingerprint density at radius 1 is 1.53 bits per heavy atom. The second kappa shape index (κ2) is 4.36. The highest BCUT2D eigenvalue weighted by atomic mass is 19.4. The zero-order valence-corrected chi connectivity index (χ0v) is 9.16. The molecule has 0 aliphatic rings. The van der Waals surface area contributed by atoms with Crippen LogP contribution in [0.25, 0.3) is 0 Å². The summed E-state index contributed by atoms with van der Waals surface area (Å²) in [5, 5.41) is 3.53. The molecule has 1 aromatic heterocycles. The van der Waals surface area contributed by atoms with E-state index >= 15 is 0 Å². The molecule has 0 radical (unpaired) electrons. The summed E-state index contributed by atoms with van der Waals surface area (Å²) in [6, 6.07) is 0. The third kappa shape index (κ3) is 3.45. The van der Waals surface area contributed by atoms with Gasteiger partial charge in [0.05, 0.1) is 17.3 Å². The molecule has 4 N–H and O–H groups in total. The lowest BCUT2D eigenvalue weighted by molar-refractivity contribution is -0.137. The minimum atomic E-state index is -4.42. The molecule has 0 saturated carbocycles. The van der Waals surface area contributed by atoms with Gasteiger partial charge in [-0.05, 0) is 13.3 Å². The van der Waals surface area contributed by atoms with E-state index in [1.807, 2.05) is 0 Å². The number of carbonyl (C=O) groups is 1. The number of nitrogens with two attached hydrogens (primary N) is 2. The summed E-state index contributed by atoms with van der Waals surface area (Å²) >= 11 is 0. The third-order valence-corrected chi connectivity index (χ3v) is 2.38. The topological polar surface area (TPSA) is 86.9 Å². The number of hydrogen-bond donors (Lipinski definition) is 2. The summed E-state index contributed by atoms with van der Waals surface area (Å²) in [5.74, 6) is -0.708. The Morgan fingerprint density at radius 3 is 2.53 bits per heavy atom. The average Bonchev–Trinajstić information content (AvgIpc) is 2.62. The minimum Gasteiger partial charge on any atom is -0.368 e. The molecule has 1 aromatic rings. The molecule has 1 unspecified atom stereocenters. The van der Waals surface area contributed by atoms with Crippen LogP contribution < -0.4 is 11.5 Å². The van der Waals surface area contributed by atoms with Crippen molar-refractivity contribution in [2.24, 2.45) is 11.5 Å². The number of hydrogen-bond acceptors (Lipinski definition) is 3. The van der Waals surface area contributed by atoms with Gasteiger partial charge in [0.1, 0.15) is 0 Å². The molecule has 0 aromatic carbocycles. The fourth-order valence-corrected chi connectivity index (χ4v) is 1.10. The standard InChI is InChI=1S/C9H13F3N4O/c1-8(14,7(13)17)2-3-16-5-6(4-15-16)9(10,11)12/h4-5H,2-3,14H2,1H3,(H2,13,17). The van der Waals surface area contributed by atoms with Crippen molar-refractivity contribution in [2.75, 3.05) is 0 Å². The van der Waals surface area contributed by atoms with Gasteiger partial charge in [0, 0.05) is 12.7 Å². The summed E-state index contributed by atoms with van der Waals surface area (Å²) in [6.07, 6.45) is -2.73. The zero-order chi connectivity index (χ0) is 13.3. The molecule has 0 aliphatic heterocycles. The van der Waals surface area contributed by atoms with E-state index < -0.39 is 23.2 Å². The first-order valence-electron chi connectivity index (χ1n) is 4.81. The molecular formula is C9H13F3N4O. The van der Waals surface area contributed by atoms with Crippen LogP contribution >= 0.6 is 0 Å². The van der Waals surface area contributed by atoms with Crippen LogP contribution in [0.15, 0.2) is 12.4 Å². The average molecular weight is 250 g/mol. The van der Waals surface area contributed by atoms with Crippen LogP contribution in [0.5, 0.6) is 0 Å². The summed E-state index contributed by atoms with van der Waals surface area (Å²) in [7, 11) is 0. The second-order valence-electron chi connectivity index (χ2n) is 4.02. The van der Waals surface area contributed by atoms with Gasteiger partial charge in [-0.15, -0.1) is 0 Å². The first-order chi connectivity index (χ1) is 7.63. The number of aryl methyl sites for hydroxylation is 1. The first-order valence-corrected chi connectivity index (χ1v) is 4.81. The van der Waals surface area contributed by atoms with Crippen LogP contribution in [0.3, 0.4) is 0 Å². The molecular weight excluding hydrogens is 237 g/mol. The zero-order valence-electron chi connectivity index (χ0n) is 9.16. The van der Waals surface area contributed by atoms with Crippen LogP contribution in [-0.2, 0) is 17.5 Å². The number of aromatic nitrogens is 2. The predicted molar refractivity (Wildman–Crippen MR) is 53.6 cm³/mol. The molecule has 1 atom stereocenters. The van der Waals surface area contributed by atoms with Crippen LogP contribution in [0.2, 0.25) is 0 Å². The molecule has 0 aliphatic carbocycles. The van der Waals surface area contributed by atoms with Gasteiger partial charge in [-0.3, -0.25) is 9.48 Å². The predicted octanol–water partition coefficient (Wildman–Crippen LogP) is 0.495. The van der Waals surface area contributed by atoms with E-state index in [4.69, 9.17) is 11.5 Å². The van der Waals surface area contributed by atoms with Gasteiger partial charge in [0.15, 0.2) is 0 Å². The van der Waals surface area contributed by atoms with Crippen molar-refractivity contribution in [3.8, 4) is 0 Å². The number of rotatable bonds is 4. The van der Waals surface area contributed by atoms with Crippen LogP contribution in [-0.4, -0.2) is 21.2 Å². The van der Waals surface area contributed by atoms with Crippen LogP contribution in [0.1, 0.15) is 18.9 Å². The minimum absolute atomic E-state index is 0.0893. The lowest BCUT2D eigenvalue weighted by Crippen LogP contribution is -2.49. The Hall–Kier alpha value is -1.57. The van der Waals surface area contributed by atoms with Crippen molar-refractivity contribution in [3.63, 3.8) is 0 Å². The lowest BCUT2D eigenvalue weighted by atomic mass is 9.99. The fourth-order valence-electron chi connectivity index (χ4n) is 1.10. The Labute approximate surface area is 95.6 Å². The van der Waals surface area contributed by atoms with Crippen molar-refractivity contribution in [2.45, 2.75) is 31.6 Å². The van der Waals surface area contributed by atoms with Gasteiger partial charge in [-0.25, -0.2) is 0 Å². The van der Waals surface area contributed by atoms with E-state index in [2.05, 4.69) is 5.10 Å². The second-order valence-corrected chi connectivity index (χ2v) is 4.02. The van der Waals surface area contributed by atoms with Gasteiger partial charge in [-0.2, -0.15) is 18.3 Å². The summed E-state index contributed by atoms with van der Waals surface area (Å²) < 4.78 is 37.8. The largest absolute Gasteiger partial charge is 0.419 e. The maximum atomic E-state index is 12.3. The third-order valence-electron chi connectivity index (χ3n) is 2.38. The quantitative estimate of drug-likeness (QED) is 0.815. The van der Waals surface area contributed by atoms with Crippen LogP contribution in [0, 0.1) is 0 Å². The molecule has 1 rings (SSSR count). The number of halogens is 3. The smallest absolute Gasteiger partial charge is 0.368 e. The number of carbonyl (C=O) groups excluding carboxylic acids is 1. The van der Waals surface area contributed by atoms with Crippen molar-refractivity contribution < 1.29 is 18.0 Å². The Bertz CT molecular complexity index is 411. The van der Waals surface area contributed by atoms with Gasteiger partial charge < -0.3 is 11.5 Å². The van der Waals surface area contributed by atoms with Gasteiger partial charge in [0.25, 0.3) is 0 Å². The molecule has 8 heteroatoms. The highest BCUT2D eigenvalue weighted by Crippen LogP contribution is 2.28. The fraction of sp³-hybridized carbons (Fsp3) is 0.556. The van der Waals surface area contributed by atoms with Gasteiger partial charge in [0.2, 0.25) is 5.91 Å². The van der Waals surface area contributed by atoms with E-state index in [0.717, 1.165) is 17.1 Å². The lowest BCUT2D eigenvalue weighted by Gasteiger charge is -2.19. The molecule has 0 saturated heterocycles. The maximum absolute atomic E-state index is 12.3. The van der Waals surface area contributed by atoms with E-state index in [1.165, 1.54) is 6.92 Å². The normalized spacial score (nSPS) is 15.6.